The van der Waals surface area contributed by atoms with Crippen LogP contribution < -0.4 is 16.2 Å². The van der Waals surface area contributed by atoms with Crippen LogP contribution in [0, 0.1) is 5.82 Å². The maximum Gasteiger partial charge on any atom is 0.254 e. The Bertz CT molecular complexity index is 964. The van der Waals surface area contributed by atoms with Crippen molar-refractivity contribution in [1.29, 1.82) is 0 Å². The minimum atomic E-state index is -0.736. The summed E-state index contributed by atoms with van der Waals surface area (Å²) in [5.41, 5.74) is 12.4. The molecule has 1 aliphatic rings. The number of benzene rings is 1. The SMILES string of the molecule is C=CC(=O)N1CCC(n2nc(-c3ccc(OCCC)c(F)c3)c(C(N)=O)c2N)CC1. The van der Waals surface area contributed by atoms with E-state index in [1.165, 1.54) is 18.2 Å². The van der Waals surface area contributed by atoms with Crippen molar-refractivity contribution in [2.24, 2.45) is 5.73 Å². The molecular weight excluding hydrogens is 389 g/mol. The molecule has 0 atom stereocenters. The highest BCUT2D eigenvalue weighted by atomic mass is 19.1. The highest BCUT2D eigenvalue weighted by molar-refractivity contribution is 6.03. The number of hydrogen-bond acceptors (Lipinski definition) is 5. The molecule has 4 N–H and O–H groups in total. The zero-order valence-corrected chi connectivity index (χ0v) is 16.9. The summed E-state index contributed by atoms with van der Waals surface area (Å²) in [5.74, 6) is -1.15. The first-order chi connectivity index (χ1) is 14.4. The van der Waals surface area contributed by atoms with Gasteiger partial charge in [-0.2, -0.15) is 5.10 Å². The van der Waals surface area contributed by atoms with Crippen LogP contribution in [-0.4, -0.2) is 46.2 Å². The minimum Gasteiger partial charge on any atom is -0.491 e. The topological polar surface area (TPSA) is 116 Å². The van der Waals surface area contributed by atoms with Gasteiger partial charge in [0, 0.05) is 18.7 Å². The number of nitrogens with zero attached hydrogens (tertiary/aromatic N) is 3. The molecule has 0 bridgehead atoms. The molecule has 0 radical (unpaired) electrons. The molecule has 2 heterocycles. The van der Waals surface area contributed by atoms with Crippen LogP contribution in [0.3, 0.4) is 0 Å². The normalized spacial score (nSPS) is 14.5. The van der Waals surface area contributed by atoms with Crippen molar-refractivity contribution in [1.82, 2.24) is 14.7 Å². The smallest absolute Gasteiger partial charge is 0.254 e. The van der Waals surface area contributed by atoms with E-state index in [1.54, 1.807) is 15.6 Å². The number of aromatic nitrogens is 2. The number of nitrogen functional groups attached to an aromatic ring is 1. The van der Waals surface area contributed by atoms with Gasteiger partial charge in [-0.05, 0) is 43.5 Å². The monoisotopic (exact) mass is 415 g/mol. The van der Waals surface area contributed by atoms with E-state index in [1.807, 2.05) is 6.92 Å². The summed E-state index contributed by atoms with van der Waals surface area (Å²) >= 11 is 0. The lowest BCUT2D eigenvalue weighted by Crippen LogP contribution is -2.38. The molecule has 0 saturated carbocycles. The third kappa shape index (κ3) is 4.14. The fourth-order valence-corrected chi connectivity index (χ4v) is 3.61. The van der Waals surface area contributed by atoms with Crippen LogP contribution in [0.5, 0.6) is 5.75 Å². The van der Waals surface area contributed by atoms with Crippen LogP contribution in [-0.2, 0) is 4.79 Å². The quantitative estimate of drug-likeness (QED) is 0.674. The Morgan fingerprint density at radius 2 is 2.07 bits per heavy atom. The Morgan fingerprint density at radius 3 is 2.63 bits per heavy atom. The van der Waals surface area contributed by atoms with Crippen molar-refractivity contribution in [2.45, 2.75) is 32.2 Å². The van der Waals surface area contributed by atoms with E-state index in [0.29, 0.717) is 38.1 Å². The number of piperidine rings is 1. The van der Waals surface area contributed by atoms with Gasteiger partial charge in [0.15, 0.2) is 11.6 Å². The Kier molecular flexibility index (Phi) is 6.39. The maximum atomic E-state index is 14.5. The van der Waals surface area contributed by atoms with E-state index in [0.717, 1.165) is 6.42 Å². The predicted molar refractivity (Wildman–Crippen MR) is 111 cm³/mol. The summed E-state index contributed by atoms with van der Waals surface area (Å²) in [5, 5.41) is 4.51. The molecule has 1 fully saturated rings. The number of carbonyl (C=O) groups is 2. The number of primary amides is 1. The van der Waals surface area contributed by atoms with Crippen molar-refractivity contribution in [2.75, 3.05) is 25.4 Å². The number of rotatable bonds is 7. The van der Waals surface area contributed by atoms with Crippen molar-refractivity contribution in [3.63, 3.8) is 0 Å². The predicted octanol–water partition coefficient (Wildman–Crippen LogP) is 2.51. The van der Waals surface area contributed by atoms with Crippen molar-refractivity contribution < 1.29 is 18.7 Å². The molecule has 1 aromatic heterocycles. The molecule has 2 aromatic rings. The minimum absolute atomic E-state index is 0.0567. The molecule has 0 aliphatic carbocycles. The molecule has 0 unspecified atom stereocenters. The molecule has 0 spiro atoms. The number of nitrogens with two attached hydrogens (primary N) is 2. The van der Waals surface area contributed by atoms with Crippen molar-refractivity contribution in [3.8, 4) is 17.0 Å². The highest BCUT2D eigenvalue weighted by Gasteiger charge is 2.29. The van der Waals surface area contributed by atoms with E-state index in [2.05, 4.69) is 11.7 Å². The van der Waals surface area contributed by atoms with Gasteiger partial charge >= 0.3 is 0 Å². The summed E-state index contributed by atoms with van der Waals surface area (Å²) in [6, 6.07) is 4.27. The lowest BCUT2D eigenvalue weighted by Gasteiger charge is -2.31. The molecule has 1 saturated heterocycles. The van der Waals surface area contributed by atoms with E-state index >= 15 is 0 Å². The first-order valence-electron chi connectivity index (χ1n) is 9.89. The fraction of sp³-hybridized carbons (Fsp3) is 0.381. The van der Waals surface area contributed by atoms with Gasteiger partial charge in [-0.25, -0.2) is 9.07 Å². The zero-order chi connectivity index (χ0) is 21.8. The Morgan fingerprint density at radius 1 is 1.37 bits per heavy atom. The number of halogens is 1. The zero-order valence-electron chi connectivity index (χ0n) is 16.9. The van der Waals surface area contributed by atoms with Gasteiger partial charge in [0.25, 0.3) is 5.91 Å². The van der Waals surface area contributed by atoms with Gasteiger partial charge < -0.3 is 21.1 Å². The molecule has 2 amide bonds. The summed E-state index contributed by atoms with van der Waals surface area (Å²) in [4.78, 5) is 25.6. The summed E-state index contributed by atoms with van der Waals surface area (Å²) in [6.45, 7) is 6.88. The van der Waals surface area contributed by atoms with Crippen molar-refractivity contribution >= 4 is 17.6 Å². The average molecular weight is 415 g/mol. The van der Waals surface area contributed by atoms with E-state index < -0.39 is 11.7 Å². The van der Waals surface area contributed by atoms with Crippen LogP contribution in [0.25, 0.3) is 11.3 Å². The summed E-state index contributed by atoms with van der Waals surface area (Å²) in [7, 11) is 0. The average Bonchev–Trinajstić information content (AvgIpc) is 3.09. The van der Waals surface area contributed by atoms with Crippen LogP contribution in [0.1, 0.15) is 42.6 Å². The summed E-state index contributed by atoms with van der Waals surface area (Å²) < 4.78 is 21.4. The van der Waals surface area contributed by atoms with E-state index in [9.17, 15) is 14.0 Å². The standard InChI is InChI=1S/C21H26FN5O3/c1-3-11-30-16-6-5-13(12-15(16)22)19-18(21(24)29)20(23)27(25-19)14-7-9-26(10-8-14)17(28)4-2/h4-6,12,14H,2-3,7-11,23H2,1H3,(H2,24,29). The molecule has 160 valence electrons. The Hall–Kier alpha value is -3.36. The van der Waals surface area contributed by atoms with Crippen LogP contribution in [0.4, 0.5) is 10.2 Å². The lowest BCUT2D eigenvalue weighted by molar-refractivity contribution is -0.127. The molecule has 8 nitrogen and oxygen atoms in total. The van der Waals surface area contributed by atoms with Crippen LogP contribution in [0.2, 0.25) is 0 Å². The molecule has 30 heavy (non-hydrogen) atoms. The van der Waals surface area contributed by atoms with Gasteiger partial charge in [-0.1, -0.05) is 13.5 Å². The van der Waals surface area contributed by atoms with Gasteiger partial charge in [-0.3, -0.25) is 9.59 Å². The molecule has 1 aliphatic heterocycles. The number of hydrogen-bond donors (Lipinski definition) is 2. The second kappa shape index (κ2) is 8.98. The molecular formula is C21H26FN5O3. The lowest BCUT2D eigenvalue weighted by atomic mass is 10.0. The second-order valence-corrected chi connectivity index (χ2v) is 7.17. The van der Waals surface area contributed by atoms with E-state index in [-0.39, 0.29) is 34.8 Å². The number of anilines is 1. The third-order valence-electron chi connectivity index (χ3n) is 5.16. The molecule has 1 aromatic carbocycles. The number of amides is 2. The third-order valence-corrected chi connectivity index (χ3v) is 5.16. The van der Waals surface area contributed by atoms with Gasteiger partial charge in [0.05, 0.1) is 12.6 Å². The van der Waals surface area contributed by atoms with Crippen molar-refractivity contribution in [3.05, 3.63) is 42.2 Å². The first-order valence-corrected chi connectivity index (χ1v) is 9.89. The van der Waals surface area contributed by atoms with Gasteiger partial charge in [0.2, 0.25) is 5.91 Å². The molecule has 3 rings (SSSR count). The number of ether oxygens (including phenoxy) is 1. The maximum absolute atomic E-state index is 14.5. The van der Waals surface area contributed by atoms with Crippen LogP contribution in [0.15, 0.2) is 30.9 Å². The second-order valence-electron chi connectivity index (χ2n) is 7.17. The van der Waals surface area contributed by atoms with Gasteiger partial charge in [-0.15, -0.1) is 0 Å². The number of likely N-dealkylation sites (tertiary alicyclic amines) is 1. The van der Waals surface area contributed by atoms with E-state index in [4.69, 9.17) is 16.2 Å². The number of carbonyl (C=O) groups excluding carboxylic acids is 2. The summed E-state index contributed by atoms with van der Waals surface area (Å²) in [6.07, 6.45) is 3.27. The molecule has 9 heteroatoms. The van der Waals surface area contributed by atoms with Gasteiger partial charge in [0.1, 0.15) is 17.1 Å². The largest absolute Gasteiger partial charge is 0.491 e. The van der Waals surface area contributed by atoms with Crippen LogP contribution >= 0.6 is 0 Å². The fourth-order valence-electron chi connectivity index (χ4n) is 3.61. The first kappa shape index (κ1) is 21.4. The Labute approximate surface area is 174 Å². The highest BCUT2D eigenvalue weighted by Crippen LogP contribution is 2.34. The Balaban J connectivity index is 1.92.